The van der Waals surface area contributed by atoms with Gasteiger partial charge in [-0.15, -0.1) is 0 Å². The van der Waals surface area contributed by atoms with E-state index in [-0.39, 0.29) is 5.92 Å². The number of allylic oxidation sites excluding steroid dienone is 4. The quantitative estimate of drug-likeness (QED) is 0.605. The predicted molar refractivity (Wildman–Crippen MR) is 59.6 cm³/mol. The van der Waals surface area contributed by atoms with Gasteiger partial charge in [0, 0.05) is 0 Å². The van der Waals surface area contributed by atoms with Crippen LogP contribution in [-0.2, 0) is 0 Å². The Kier molecular flexibility index (Phi) is 3.95. The van der Waals surface area contributed by atoms with Crippen molar-refractivity contribution in [1.82, 2.24) is 0 Å². The fraction of sp³-hybridized carbons (Fsp3) is 0.615. The van der Waals surface area contributed by atoms with E-state index in [1.54, 1.807) is 0 Å². The van der Waals surface area contributed by atoms with Gasteiger partial charge in [-0.25, -0.2) is 0 Å². The molecule has 1 nitrogen and oxygen atoms in total. The smallest absolute Gasteiger partial charge is 0.0659 e. The molecule has 76 valence electrons. The molecule has 0 spiro atoms. The van der Waals surface area contributed by atoms with Crippen LogP contribution in [0.3, 0.4) is 0 Å². The summed E-state index contributed by atoms with van der Waals surface area (Å²) in [7, 11) is 0. The zero-order chi connectivity index (χ0) is 10.6. The SMILES string of the molecule is CC(C)=CCC1CC(C#N)CC=C1C. The number of nitriles is 1. The standard InChI is InChI=1S/C13H19N/c1-10(2)4-7-13-8-12(9-14)6-5-11(13)3/h4-5,12-13H,6-8H2,1-3H3. The summed E-state index contributed by atoms with van der Waals surface area (Å²) in [5, 5.41) is 8.88. The van der Waals surface area contributed by atoms with E-state index in [1.165, 1.54) is 11.1 Å². The van der Waals surface area contributed by atoms with Crippen LogP contribution in [0.4, 0.5) is 0 Å². The fourth-order valence-electron chi connectivity index (χ4n) is 1.89. The number of hydrogen-bond donors (Lipinski definition) is 0. The molecule has 1 heteroatoms. The lowest BCUT2D eigenvalue weighted by atomic mass is 9.80. The average molecular weight is 189 g/mol. The molecule has 2 unspecified atom stereocenters. The van der Waals surface area contributed by atoms with Crippen molar-refractivity contribution in [2.24, 2.45) is 11.8 Å². The van der Waals surface area contributed by atoms with Gasteiger partial charge >= 0.3 is 0 Å². The highest BCUT2D eigenvalue weighted by atomic mass is 14.3. The van der Waals surface area contributed by atoms with Crippen molar-refractivity contribution >= 4 is 0 Å². The lowest BCUT2D eigenvalue weighted by Gasteiger charge is -2.23. The molecule has 0 saturated heterocycles. The zero-order valence-corrected chi connectivity index (χ0v) is 9.38. The van der Waals surface area contributed by atoms with Crippen molar-refractivity contribution in [2.45, 2.75) is 40.0 Å². The molecule has 0 heterocycles. The average Bonchev–Trinajstić information content (AvgIpc) is 2.16. The third-order valence-corrected chi connectivity index (χ3v) is 2.93. The van der Waals surface area contributed by atoms with E-state index >= 15 is 0 Å². The van der Waals surface area contributed by atoms with Crippen molar-refractivity contribution < 1.29 is 0 Å². The molecular weight excluding hydrogens is 170 g/mol. The van der Waals surface area contributed by atoms with Crippen molar-refractivity contribution in [1.29, 1.82) is 5.26 Å². The second kappa shape index (κ2) is 5.00. The largest absolute Gasteiger partial charge is 0.198 e. The van der Waals surface area contributed by atoms with Crippen LogP contribution in [0, 0.1) is 23.2 Å². The van der Waals surface area contributed by atoms with Crippen LogP contribution in [0.15, 0.2) is 23.3 Å². The van der Waals surface area contributed by atoms with E-state index < -0.39 is 0 Å². The van der Waals surface area contributed by atoms with Gasteiger partial charge in [0.05, 0.1) is 12.0 Å². The van der Waals surface area contributed by atoms with Gasteiger partial charge in [-0.05, 0) is 46.0 Å². The van der Waals surface area contributed by atoms with Crippen LogP contribution in [-0.4, -0.2) is 0 Å². The van der Waals surface area contributed by atoms with Gasteiger partial charge in [0.15, 0.2) is 0 Å². The topological polar surface area (TPSA) is 23.8 Å². The Morgan fingerprint density at radius 2 is 2.36 bits per heavy atom. The van der Waals surface area contributed by atoms with Crippen LogP contribution in [0.5, 0.6) is 0 Å². The first-order valence-corrected chi connectivity index (χ1v) is 5.33. The summed E-state index contributed by atoms with van der Waals surface area (Å²) in [5.41, 5.74) is 2.84. The summed E-state index contributed by atoms with van der Waals surface area (Å²) >= 11 is 0. The summed E-state index contributed by atoms with van der Waals surface area (Å²) in [6.45, 7) is 6.45. The lowest BCUT2D eigenvalue weighted by molar-refractivity contribution is 0.449. The molecule has 14 heavy (non-hydrogen) atoms. The van der Waals surface area contributed by atoms with Gasteiger partial charge in [-0.3, -0.25) is 0 Å². The lowest BCUT2D eigenvalue weighted by Crippen LogP contribution is -2.13. The summed E-state index contributed by atoms with van der Waals surface area (Å²) in [6.07, 6.45) is 7.61. The van der Waals surface area contributed by atoms with Gasteiger partial charge in [-0.1, -0.05) is 23.3 Å². The van der Waals surface area contributed by atoms with E-state index in [2.05, 4.69) is 39.0 Å². The molecule has 0 aromatic rings. The number of hydrogen-bond acceptors (Lipinski definition) is 1. The van der Waals surface area contributed by atoms with Crippen molar-refractivity contribution in [2.75, 3.05) is 0 Å². The van der Waals surface area contributed by atoms with Crippen LogP contribution in [0.1, 0.15) is 40.0 Å². The maximum atomic E-state index is 8.88. The van der Waals surface area contributed by atoms with E-state index in [4.69, 9.17) is 5.26 Å². The monoisotopic (exact) mass is 189 g/mol. The van der Waals surface area contributed by atoms with E-state index in [1.807, 2.05) is 0 Å². The molecule has 0 amide bonds. The second-order valence-electron chi connectivity index (χ2n) is 4.46. The van der Waals surface area contributed by atoms with E-state index in [9.17, 15) is 0 Å². The summed E-state index contributed by atoms with van der Waals surface area (Å²) < 4.78 is 0. The first-order valence-electron chi connectivity index (χ1n) is 5.33. The fourth-order valence-corrected chi connectivity index (χ4v) is 1.89. The van der Waals surface area contributed by atoms with Crippen LogP contribution >= 0.6 is 0 Å². The molecule has 2 atom stereocenters. The zero-order valence-electron chi connectivity index (χ0n) is 9.38. The normalized spacial score (nSPS) is 26.3. The maximum absolute atomic E-state index is 8.88. The third kappa shape index (κ3) is 3.03. The second-order valence-corrected chi connectivity index (χ2v) is 4.46. The number of rotatable bonds is 2. The van der Waals surface area contributed by atoms with Crippen molar-refractivity contribution in [3.63, 3.8) is 0 Å². The molecule has 0 bridgehead atoms. The Morgan fingerprint density at radius 1 is 1.64 bits per heavy atom. The number of nitrogens with zero attached hydrogens (tertiary/aromatic N) is 1. The van der Waals surface area contributed by atoms with Gasteiger partial charge < -0.3 is 0 Å². The summed E-state index contributed by atoms with van der Waals surface area (Å²) in [5.74, 6) is 0.845. The molecule has 0 saturated carbocycles. The molecule has 1 rings (SSSR count). The van der Waals surface area contributed by atoms with E-state index in [0.717, 1.165) is 19.3 Å². The molecule has 0 aromatic carbocycles. The summed E-state index contributed by atoms with van der Waals surface area (Å²) in [4.78, 5) is 0. The van der Waals surface area contributed by atoms with Crippen molar-refractivity contribution in [3.8, 4) is 6.07 Å². The van der Waals surface area contributed by atoms with Crippen LogP contribution < -0.4 is 0 Å². The first kappa shape index (κ1) is 11.0. The minimum Gasteiger partial charge on any atom is -0.198 e. The Morgan fingerprint density at radius 3 is 2.93 bits per heavy atom. The Bertz CT molecular complexity index is 287. The molecule has 0 N–H and O–H groups in total. The molecule has 0 aromatic heterocycles. The van der Waals surface area contributed by atoms with Crippen molar-refractivity contribution in [3.05, 3.63) is 23.3 Å². The molecular formula is C13H19N. The van der Waals surface area contributed by atoms with Gasteiger partial charge in [-0.2, -0.15) is 5.26 Å². The highest BCUT2D eigenvalue weighted by Gasteiger charge is 2.20. The molecule has 0 aliphatic heterocycles. The van der Waals surface area contributed by atoms with Crippen LogP contribution in [0.25, 0.3) is 0 Å². The highest BCUT2D eigenvalue weighted by molar-refractivity contribution is 5.13. The van der Waals surface area contributed by atoms with Gasteiger partial charge in [0.1, 0.15) is 0 Å². The maximum Gasteiger partial charge on any atom is 0.0659 e. The minimum absolute atomic E-state index is 0.245. The Balaban J connectivity index is 2.60. The van der Waals surface area contributed by atoms with E-state index in [0.29, 0.717) is 5.92 Å². The first-order chi connectivity index (χ1) is 6.63. The molecule has 1 aliphatic carbocycles. The molecule has 0 radical (unpaired) electrons. The minimum atomic E-state index is 0.245. The molecule has 0 fully saturated rings. The van der Waals surface area contributed by atoms with Gasteiger partial charge in [0.25, 0.3) is 0 Å². The molecule has 1 aliphatic rings. The van der Waals surface area contributed by atoms with Gasteiger partial charge in [0.2, 0.25) is 0 Å². The van der Waals surface area contributed by atoms with Crippen LogP contribution in [0.2, 0.25) is 0 Å². The summed E-state index contributed by atoms with van der Waals surface area (Å²) in [6, 6.07) is 2.38. The Labute approximate surface area is 87.1 Å². The Hall–Kier alpha value is -1.03. The highest BCUT2D eigenvalue weighted by Crippen LogP contribution is 2.31. The predicted octanol–water partition coefficient (Wildman–Crippen LogP) is 3.84. The third-order valence-electron chi connectivity index (χ3n) is 2.93.